The molecule has 0 aliphatic rings. The zero-order valence-electron chi connectivity index (χ0n) is 7.71. The molecule has 1 unspecified atom stereocenters. The minimum Gasteiger partial charge on any atom is -0.390 e. The van der Waals surface area contributed by atoms with Gasteiger partial charge in [-0.2, -0.15) is 0 Å². The van der Waals surface area contributed by atoms with E-state index in [1.54, 1.807) is 0 Å². The number of rotatable bonds is 5. The van der Waals surface area contributed by atoms with E-state index in [1.807, 2.05) is 6.92 Å². The Bertz CT molecular complexity index is 156. The van der Waals surface area contributed by atoms with Crippen molar-refractivity contribution in [1.82, 2.24) is 5.32 Å². The number of aliphatic imine (C=N–C) groups is 1. The van der Waals surface area contributed by atoms with Crippen LogP contribution in [0.3, 0.4) is 0 Å². The normalized spacial score (nSPS) is 13.2. The van der Waals surface area contributed by atoms with Crippen LogP contribution in [-0.4, -0.2) is 24.8 Å². The quantitative estimate of drug-likeness (QED) is 0.354. The van der Waals surface area contributed by atoms with Gasteiger partial charge < -0.3 is 11.1 Å². The Hall–Kier alpha value is -1.06. The fraction of sp³-hybridized carbons (Fsp3) is 0.750. The first-order valence-electron chi connectivity index (χ1n) is 4.14. The van der Waals surface area contributed by atoms with Gasteiger partial charge in [0.05, 0.1) is 6.34 Å². The highest BCUT2D eigenvalue weighted by Crippen LogP contribution is 1.95. The van der Waals surface area contributed by atoms with Crippen molar-refractivity contribution in [2.75, 3.05) is 6.54 Å². The summed E-state index contributed by atoms with van der Waals surface area (Å²) < 4.78 is 0. The molecule has 0 saturated carbocycles. The molecule has 1 atom stereocenters. The third-order valence-electron chi connectivity index (χ3n) is 1.48. The van der Waals surface area contributed by atoms with Crippen molar-refractivity contribution in [2.24, 2.45) is 10.7 Å². The highest BCUT2D eigenvalue weighted by Gasteiger charge is 2.01. The summed E-state index contributed by atoms with van der Waals surface area (Å²) in [4.78, 5) is 14.4. The molecule has 0 aromatic carbocycles. The second-order valence-electron chi connectivity index (χ2n) is 2.80. The molecule has 0 fully saturated rings. The summed E-state index contributed by atoms with van der Waals surface area (Å²) in [7, 11) is 0. The Labute approximate surface area is 73.2 Å². The van der Waals surface area contributed by atoms with E-state index in [2.05, 4.69) is 10.3 Å². The first kappa shape index (κ1) is 10.9. The van der Waals surface area contributed by atoms with Crippen LogP contribution in [0.5, 0.6) is 0 Å². The lowest BCUT2D eigenvalue weighted by molar-refractivity contribution is -0.119. The molecule has 0 aliphatic heterocycles. The van der Waals surface area contributed by atoms with Gasteiger partial charge in [-0.05, 0) is 19.8 Å². The molecule has 0 heterocycles. The average molecular weight is 171 g/mol. The number of nitrogens with one attached hydrogen (secondary N) is 1. The molecule has 0 aromatic rings. The van der Waals surface area contributed by atoms with Crippen molar-refractivity contribution in [1.29, 1.82) is 0 Å². The van der Waals surface area contributed by atoms with Crippen LogP contribution in [-0.2, 0) is 4.79 Å². The molecule has 70 valence electrons. The molecule has 0 bridgehead atoms. The fourth-order valence-corrected chi connectivity index (χ4v) is 0.982. The topological polar surface area (TPSA) is 67.5 Å². The Kier molecular flexibility index (Phi) is 6.05. The first-order chi connectivity index (χ1) is 5.66. The van der Waals surface area contributed by atoms with Gasteiger partial charge in [-0.15, -0.1) is 0 Å². The van der Waals surface area contributed by atoms with Crippen molar-refractivity contribution in [2.45, 2.75) is 32.7 Å². The number of amides is 1. The van der Waals surface area contributed by atoms with Crippen LogP contribution in [0.4, 0.5) is 0 Å². The standard InChI is InChI=1S/C8H17N3O/c1-7(11-8(2)12)4-3-5-10-6-9/h6-7H,3-5H2,1-2H3,(H2,9,10)(H,11,12). The van der Waals surface area contributed by atoms with Gasteiger partial charge in [-0.3, -0.25) is 9.79 Å². The third kappa shape index (κ3) is 7.05. The summed E-state index contributed by atoms with van der Waals surface area (Å²) >= 11 is 0. The molecule has 12 heavy (non-hydrogen) atoms. The molecule has 3 N–H and O–H groups in total. The van der Waals surface area contributed by atoms with Gasteiger partial charge in [0.25, 0.3) is 0 Å². The van der Waals surface area contributed by atoms with Gasteiger partial charge >= 0.3 is 0 Å². The summed E-state index contributed by atoms with van der Waals surface area (Å²) in [6, 6.07) is 0.232. The van der Waals surface area contributed by atoms with Crippen LogP contribution >= 0.6 is 0 Å². The van der Waals surface area contributed by atoms with Gasteiger partial charge in [-0.1, -0.05) is 0 Å². The fourth-order valence-electron chi connectivity index (χ4n) is 0.982. The summed E-state index contributed by atoms with van der Waals surface area (Å²) in [5.41, 5.74) is 5.06. The molecular formula is C8H17N3O. The lowest BCUT2D eigenvalue weighted by atomic mass is 10.2. The summed E-state index contributed by atoms with van der Waals surface area (Å²) in [5, 5.41) is 2.80. The molecule has 0 aromatic heterocycles. The van der Waals surface area contributed by atoms with E-state index in [-0.39, 0.29) is 11.9 Å². The van der Waals surface area contributed by atoms with Crippen LogP contribution in [0.1, 0.15) is 26.7 Å². The van der Waals surface area contributed by atoms with Crippen molar-refractivity contribution in [3.05, 3.63) is 0 Å². The molecule has 0 aliphatic carbocycles. The average Bonchev–Trinajstić information content (AvgIpc) is 1.97. The van der Waals surface area contributed by atoms with E-state index < -0.39 is 0 Å². The van der Waals surface area contributed by atoms with Gasteiger partial charge in [0.1, 0.15) is 0 Å². The highest BCUT2D eigenvalue weighted by atomic mass is 16.1. The van der Waals surface area contributed by atoms with Crippen molar-refractivity contribution in [3.8, 4) is 0 Å². The monoisotopic (exact) mass is 171 g/mol. The number of nitrogens with zero attached hydrogens (tertiary/aromatic N) is 1. The molecule has 1 amide bonds. The Morgan fingerprint density at radius 2 is 2.42 bits per heavy atom. The minimum absolute atomic E-state index is 0.0184. The second kappa shape index (κ2) is 6.64. The maximum atomic E-state index is 10.6. The van der Waals surface area contributed by atoms with E-state index in [0.29, 0.717) is 0 Å². The third-order valence-corrected chi connectivity index (χ3v) is 1.48. The maximum absolute atomic E-state index is 10.6. The summed E-state index contributed by atoms with van der Waals surface area (Å²) in [6.45, 7) is 4.24. The number of carbonyl (C=O) groups excluding carboxylic acids is 1. The van der Waals surface area contributed by atoms with Crippen LogP contribution in [0.25, 0.3) is 0 Å². The Morgan fingerprint density at radius 1 is 1.75 bits per heavy atom. The SMILES string of the molecule is CC(=O)NC(C)CCCN=CN. The predicted molar refractivity (Wildman–Crippen MR) is 50.1 cm³/mol. The molecule has 4 heteroatoms. The zero-order chi connectivity index (χ0) is 9.40. The number of hydrogen-bond donors (Lipinski definition) is 2. The summed E-state index contributed by atoms with van der Waals surface area (Å²) in [6.07, 6.45) is 3.20. The molecular weight excluding hydrogens is 154 g/mol. The first-order valence-corrected chi connectivity index (χ1v) is 4.14. The molecule has 4 nitrogen and oxygen atoms in total. The van der Waals surface area contributed by atoms with E-state index in [4.69, 9.17) is 5.73 Å². The smallest absolute Gasteiger partial charge is 0.217 e. The van der Waals surface area contributed by atoms with E-state index in [1.165, 1.54) is 13.3 Å². The van der Waals surface area contributed by atoms with Crippen LogP contribution in [0.15, 0.2) is 4.99 Å². The predicted octanol–water partition coefficient (Wildman–Crippen LogP) is 0.278. The maximum Gasteiger partial charge on any atom is 0.217 e. The number of nitrogens with two attached hydrogens (primary N) is 1. The van der Waals surface area contributed by atoms with Gasteiger partial charge in [0, 0.05) is 19.5 Å². The van der Waals surface area contributed by atoms with E-state index in [0.717, 1.165) is 19.4 Å². The van der Waals surface area contributed by atoms with Crippen molar-refractivity contribution >= 4 is 12.2 Å². The van der Waals surface area contributed by atoms with Crippen LogP contribution in [0.2, 0.25) is 0 Å². The van der Waals surface area contributed by atoms with Crippen LogP contribution in [0, 0.1) is 0 Å². The lowest BCUT2D eigenvalue weighted by Crippen LogP contribution is -2.30. The number of carbonyl (C=O) groups is 1. The largest absolute Gasteiger partial charge is 0.390 e. The molecule has 0 saturated heterocycles. The van der Waals surface area contributed by atoms with Crippen molar-refractivity contribution < 1.29 is 4.79 Å². The molecule has 0 rings (SSSR count). The van der Waals surface area contributed by atoms with Crippen LogP contribution < -0.4 is 11.1 Å². The zero-order valence-corrected chi connectivity index (χ0v) is 7.71. The van der Waals surface area contributed by atoms with E-state index >= 15 is 0 Å². The number of hydrogen-bond acceptors (Lipinski definition) is 2. The highest BCUT2D eigenvalue weighted by molar-refractivity contribution is 5.73. The molecule has 0 spiro atoms. The van der Waals surface area contributed by atoms with Gasteiger partial charge in [0.2, 0.25) is 5.91 Å². The van der Waals surface area contributed by atoms with Crippen molar-refractivity contribution in [3.63, 3.8) is 0 Å². The minimum atomic E-state index is 0.0184. The Morgan fingerprint density at radius 3 is 2.92 bits per heavy atom. The van der Waals surface area contributed by atoms with Gasteiger partial charge in [-0.25, -0.2) is 0 Å². The van der Waals surface area contributed by atoms with Gasteiger partial charge in [0.15, 0.2) is 0 Å². The second-order valence-corrected chi connectivity index (χ2v) is 2.80. The Balaban J connectivity index is 3.31. The lowest BCUT2D eigenvalue weighted by Gasteiger charge is -2.10. The molecule has 0 radical (unpaired) electrons. The summed E-state index contributed by atoms with van der Waals surface area (Å²) in [5.74, 6) is 0.0184. The van der Waals surface area contributed by atoms with E-state index in [9.17, 15) is 4.79 Å².